The Bertz CT molecular complexity index is 804. The first-order chi connectivity index (χ1) is 14.0. The van der Waals surface area contributed by atoms with Crippen molar-refractivity contribution in [2.45, 2.75) is 6.18 Å². The van der Waals surface area contributed by atoms with Crippen LogP contribution in [0.3, 0.4) is 0 Å². The Kier molecular flexibility index (Phi) is 6.68. The second-order valence-electron chi connectivity index (χ2n) is 6.33. The van der Waals surface area contributed by atoms with Crippen molar-refractivity contribution >= 4 is 17.7 Å². The Labute approximate surface area is 166 Å². The van der Waals surface area contributed by atoms with Gasteiger partial charge >= 0.3 is 6.18 Å². The maximum atomic E-state index is 12.7. The van der Waals surface area contributed by atoms with Gasteiger partial charge in [0.25, 0.3) is 0 Å². The molecule has 3 rings (SSSR count). The lowest BCUT2D eigenvalue weighted by atomic mass is 10.3. The number of halogens is 3. The van der Waals surface area contributed by atoms with Crippen LogP contribution in [0.25, 0.3) is 0 Å². The number of pyridine rings is 1. The van der Waals surface area contributed by atoms with Gasteiger partial charge in [-0.05, 0) is 18.2 Å². The predicted octanol–water partition coefficient (Wildman–Crippen LogP) is 1.70. The molecule has 0 atom stereocenters. The molecule has 0 amide bonds. The van der Waals surface area contributed by atoms with Gasteiger partial charge in [-0.25, -0.2) is 15.0 Å². The maximum Gasteiger partial charge on any atom is 0.433 e. The fourth-order valence-electron chi connectivity index (χ4n) is 2.97. The molecule has 0 radical (unpaired) electrons. The number of guanidine groups is 1. The highest BCUT2D eigenvalue weighted by molar-refractivity contribution is 5.80. The summed E-state index contributed by atoms with van der Waals surface area (Å²) in [6.07, 6.45) is -1.62. The fraction of sp³-hybridized carbons (Fsp3) is 0.444. The summed E-state index contributed by atoms with van der Waals surface area (Å²) >= 11 is 0. The van der Waals surface area contributed by atoms with Crippen LogP contribution in [-0.4, -0.2) is 72.1 Å². The number of anilines is 2. The van der Waals surface area contributed by atoms with Gasteiger partial charge in [-0.15, -0.1) is 0 Å². The van der Waals surface area contributed by atoms with Gasteiger partial charge in [0.2, 0.25) is 5.95 Å². The van der Waals surface area contributed by atoms with Gasteiger partial charge < -0.3 is 20.4 Å². The van der Waals surface area contributed by atoms with Crippen molar-refractivity contribution in [3.63, 3.8) is 0 Å². The second kappa shape index (κ2) is 9.39. The number of alkyl halides is 3. The van der Waals surface area contributed by atoms with Gasteiger partial charge in [-0.2, -0.15) is 13.2 Å². The van der Waals surface area contributed by atoms with Crippen LogP contribution in [0.1, 0.15) is 5.69 Å². The van der Waals surface area contributed by atoms with Gasteiger partial charge in [-0.3, -0.25) is 4.99 Å². The topological polar surface area (TPSA) is 81.6 Å². The van der Waals surface area contributed by atoms with E-state index in [0.29, 0.717) is 13.1 Å². The molecule has 0 aliphatic carbocycles. The van der Waals surface area contributed by atoms with Crippen molar-refractivity contribution in [3.05, 3.63) is 42.4 Å². The zero-order chi connectivity index (χ0) is 20.7. The molecule has 2 aromatic rings. The minimum atomic E-state index is -4.49. The first-order valence-electron chi connectivity index (χ1n) is 9.23. The SMILES string of the molecule is CN=C(NCCNc1nccc(C(F)(F)F)n1)N1CCN(c2ccccn2)CC1. The summed E-state index contributed by atoms with van der Waals surface area (Å²) in [4.78, 5) is 20.3. The molecule has 2 N–H and O–H groups in total. The largest absolute Gasteiger partial charge is 0.433 e. The van der Waals surface area contributed by atoms with E-state index in [4.69, 9.17) is 0 Å². The molecule has 2 aromatic heterocycles. The molecule has 3 heterocycles. The Morgan fingerprint density at radius 2 is 1.86 bits per heavy atom. The summed E-state index contributed by atoms with van der Waals surface area (Å²) in [5.74, 6) is 1.65. The molecule has 0 saturated carbocycles. The first-order valence-corrected chi connectivity index (χ1v) is 9.23. The molecule has 0 aromatic carbocycles. The summed E-state index contributed by atoms with van der Waals surface area (Å²) in [5, 5.41) is 6.00. The quantitative estimate of drug-likeness (QED) is 0.443. The highest BCUT2D eigenvalue weighted by Gasteiger charge is 2.32. The van der Waals surface area contributed by atoms with Crippen molar-refractivity contribution in [3.8, 4) is 0 Å². The van der Waals surface area contributed by atoms with Crippen LogP contribution in [0.15, 0.2) is 41.7 Å². The molecule has 156 valence electrons. The van der Waals surface area contributed by atoms with E-state index in [1.54, 1.807) is 13.2 Å². The van der Waals surface area contributed by atoms with E-state index < -0.39 is 11.9 Å². The van der Waals surface area contributed by atoms with Gasteiger partial charge in [0.15, 0.2) is 5.96 Å². The van der Waals surface area contributed by atoms with Crippen LogP contribution in [0.4, 0.5) is 24.9 Å². The Morgan fingerprint density at radius 3 is 2.52 bits per heavy atom. The summed E-state index contributed by atoms with van der Waals surface area (Å²) in [6.45, 7) is 4.06. The number of nitrogens with one attached hydrogen (secondary N) is 2. The third kappa shape index (κ3) is 5.69. The summed E-state index contributed by atoms with van der Waals surface area (Å²) in [7, 11) is 1.71. The molecule has 1 aliphatic rings. The van der Waals surface area contributed by atoms with Crippen LogP contribution >= 0.6 is 0 Å². The molecule has 0 bridgehead atoms. The summed E-state index contributed by atoms with van der Waals surface area (Å²) < 4.78 is 38.1. The van der Waals surface area contributed by atoms with E-state index in [9.17, 15) is 13.2 Å². The van der Waals surface area contributed by atoms with Crippen molar-refractivity contribution in [1.82, 2.24) is 25.2 Å². The van der Waals surface area contributed by atoms with Crippen LogP contribution in [0.2, 0.25) is 0 Å². The van der Waals surface area contributed by atoms with Crippen LogP contribution in [-0.2, 0) is 6.18 Å². The van der Waals surface area contributed by atoms with Gasteiger partial charge in [0.1, 0.15) is 11.5 Å². The maximum absolute atomic E-state index is 12.7. The van der Waals surface area contributed by atoms with Crippen molar-refractivity contribution in [2.75, 3.05) is 56.5 Å². The number of hydrogen-bond acceptors (Lipinski definition) is 6. The Morgan fingerprint density at radius 1 is 1.07 bits per heavy atom. The average molecular weight is 408 g/mol. The van der Waals surface area contributed by atoms with Crippen molar-refractivity contribution < 1.29 is 13.2 Å². The minimum absolute atomic E-state index is 0.0550. The highest BCUT2D eigenvalue weighted by Crippen LogP contribution is 2.27. The van der Waals surface area contributed by atoms with Gasteiger partial charge in [-0.1, -0.05) is 6.07 Å². The minimum Gasteiger partial charge on any atom is -0.354 e. The molecule has 29 heavy (non-hydrogen) atoms. The Balaban J connectivity index is 1.43. The summed E-state index contributed by atoms with van der Waals surface area (Å²) in [6, 6.07) is 6.69. The van der Waals surface area contributed by atoms with Crippen molar-refractivity contribution in [2.24, 2.45) is 4.99 Å². The smallest absolute Gasteiger partial charge is 0.354 e. The fourth-order valence-corrected chi connectivity index (χ4v) is 2.97. The third-order valence-corrected chi connectivity index (χ3v) is 4.40. The van der Waals surface area contributed by atoms with Crippen molar-refractivity contribution in [1.29, 1.82) is 0 Å². The van der Waals surface area contributed by atoms with Crippen LogP contribution < -0.4 is 15.5 Å². The predicted molar refractivity (Wildman–Crippen MR) is 105 cm³/mol. The monoisotopic (exact) mass is 408 g/mol. The zero-order valence-corrected chi connectivity index (χ0v) is 16.0. The number of rotatable bonds is 5. The van der Waals surface area contributed by atoms with Gasteiger partial charge in [0, 0.05) is 58.7 Å². The molecule has 1 fully saturated rings. The molecule has 0 unspecified atom stereocenters. The summed E-state index contributed by atoms with van der Waals surface area (Å²) in [5.41, 5.74) is -0.968. The van der Waals surface area contributed by atoms with Gasteiger partial charge in [0.05, 0.1) is 0 Å². The first kappa shape index (κ1) is 20.6. The van der Waals surface area contributed by atoms with E-state index in [1.807, 2.05) is 18.2 Å². The number of aliphatic imine (C=N–C) groups is 1. The number of aromatic nitrogens is 3. The zero-order valence-electron chi connectivity index (χ0n) is 16.0. The van der Waals surface area contributed by atoms with E-state index in [0.717, 1.165) is 50.2 Å². The van der Waals surface area contributed by atoms with E-state index in [1.165, 1.54) is 0 Å². The van der Waals surface area contributed by atoms with Crippen LogP contribution in [0.5, 0.6) is 0 Å². The molecule has 1 saturated heterocycles. The standard InChI is InChI=1S/C18H23F3N8/c1-22-17(29-12-10-28(11-13-29)15-4-2-3-6-23-15)26-9-8-25-16-24-7-5-14(27-16)18(19,20)21/h2-7H,8-13H2,1H3,(H,22,26)(H,24,25,27). The lowest BCUT2D eigenvalue weighted by Crippen LogP contribution is -2.53. The normalized spacial score (nSPS) is 15.4. The molecular weight excluding hydrogens is 385 g/mol. The molecule has 1 aliphatic heterocycles. The number of hydrogen-bond donors (Lipinski definition) is 2. The van der Waals surface area contributed by atoms with Crippen LogP contribution in [0, 0.1) is 0 Å². The molecular formula is C18H23F3N8. The van der Waals surface area contributed by atoms with E-state index in [2.05, 4.69) is 40.4 Å². The lowest BCUT2D eigenvalue weighted by Gasteiger charge is -2.37. The van der Waals surface area contributed by atoms with E-state index in [-0.39, 0.29) is 5.95 Å². The lowest BCUT2D eigenvalue weighted by molar-refractivity contribution is -0.141. The number of piperazine rings is 1. The third-order valence-electron chi connectivity index (χ3n) is 4.40. The average Bonchev–Trinajstić information content (AvgIpc) is 2.74. The molecule has 11 heteroatoms. The Hall–Kier alpha value is -3.11. The number of nitrogens with zero attached hydrogens (tertiary/aromatic N) is 6. The second-order valence-corrected chi connectivity index (χ2v) is 6.33. The molecule has 0 spiro atoms. The molecule has 8 nitrogen and oxygen atoms in total. The van der Waals surface area contributed by atoms with E-state index >= 15 is 0 Å². The highest BCUT2D eigenvalue weighted by atomic mass is 19.4.